The predicted molar refractivity (Wildman–Crippen MR) is 58.6 cm³/mol. The van der Waals surface area contributed by atoms with Crippen LogP contribution in [0.2, 0.25) is 0 Å². The van der Waals surface area contributed by atoms with E-state index in [4.69, 9.17) is 5.73 Å². The van der Waals surface area contributed by atoms with Crippen LogP contribution < -0.4 is 5.73 Å². The van der Waals surface area contributed by atoms with Gasteiger partial charge in [0.15, 0.2) is 0 Å². The quantitative estimate of drug-likeness (QED) is 0.779. The van der Waals surface area contributed by atoms with E-state index in [1.807, 2.05) is 6.20 Å². The first-order valence-electron chi connectivity index (χ1n) is 5.66. The van der Waals surface area contributed by atoms with Crippen molar-refractivity contribution >= 4 is 0 Å². The molecule has 1 aliphatic carbocycles. The summed E-state index contributed by atoms with van der Waals surface area (Å²) in [6.45, 7) is 2.23. The number of hydrogen-bond donors (Lipinski definition) is 1. The zero-order valence-electron chi connectivity index (χ0n) is 9.19. The molecule has 1 saturated heterocycles. The summed E-state index contributed by atoms with van der Waals surface area (Å²) < 4.78 is 2.17. The van der Waals surface area contributed by atoms with Crippen LogP contribution in [0, 0.1) is 0 Å². The summed E-state index contributed by atoms with van der Waals surface area (Å²) >= 11 is 0. The Kier molecular flexibility index (Phi) is 1.91. The molecular weight excluding hydrogens is 188 g/mol. The van der Waals surface area contributed by atoms with Gasteiger partial charge >= 0.3 is 0 Å². The predicted octanol–water partition coefficient (Wildman–Crippen LogP) is 0.403. The first-order valence-corrected chi connectivity index (χ1v) is 5.66. The molecule has 4 nitrogen and oxygen atoms in total. The van der Waals surface area contributed by atoms with E-state index < -0.39 is 0 Å². The molecule has 0 unspecified atom stereocenters. The van der Waals surface area contributed by atoms with Gasteiger partial charge in [-0.25, -0.2) is 0 Å². The third-order valence-corrected chi connectivity index (χ3v) is 3.57. The summed E-state index contributed by atoms with van der Waals surface area (Å²) in [5, 5.41) is 4.42. The number of likely N-dealkylation sites (N-methyl/N-ethyl adjacent to an activating group) is 1. The molecule has 2 N–H and O–H groups in total. The third kappa shape index (κ3) is 1.68. The SMILES string of the molecule is CN1CC(n2nccc2CC2(N)CC2)C1. The van der Waals surface area contributed by atoms with Crippen LogP contribution in [0.15, 0.2) is 12.3 Å². The first-order chi connectivity index (χ1) is 7.16. The third-order valence-electron chi connectivity index (χ3n) is 3.57. The van der Waals surface area contributed by atoms with Crippen LogP contribution in [0.5, 0.6) is 0 Å². The molecule has 0 spiro atoms. The van der Waals surface area contributed by atoms with Crippen LogP contribution in [0.3, 0.4) is 0 Å². The van der Waals surface area contributed by atoms with Crippen LogP contribution in [-0.4, -0.2) is 40.4 Å². The second kappa shape index (κ2) is 3.06. The summed E-state index contributed by atoms with van der Waals surface area (Å²) in [5.74, 6) is 0. The largest absolute Gasteiger partial charge is 0.325 e. The fourth-order valence-electron chi connectivity index (χ4n) is 2.33. The highest BCUT2D eigenvalue weighted by molar-refractivity contribution is 5.13. The lowest BCUT2D eigenvalue weighted by molar-refractivity contribution is 0.127. The molecule has 0 radical (unpaired) electrons. The average Bonchev–Trinajstić information content (AvgIpc) is 2.71. The molecule has 0 bridgehead atoms. The van der Waals surface area contributed by atoms with Crippen molar-refractivity contribution in [1.82, 2.24) is 14.7 Å². The van der Waals surface area contributed by atoms with Gasteiger partial charge in [-0.2, -0.15) is 5.10 Å². The fraction of sp³-hybridized carbons (Fsp3) is 0.727. The molecule has 2 heterocycles. The second-order valence-corrected chi connectivity index (χ2v) is 5.18. The first kappa shape index (κ1) is 9.36. The molecule has 4 heteroatoms. The van der Waals surface area contributed by atoms with E-state index in [-0.39, 0.29) is 5.54 Å². The molecule has 82 valence electrons. The average molecular weight is 206 g/mol. The summed E-state index contributed by atoms with van der Waals surface area (Å²) in [6.07, 6.45) is 5.23. The van der Waals surface area contributed by atoms with Gasteiger partial charge in [0.05, 0.1) is 6.04 Å². The van der Waals surface area contributed by atoms with Gasteiger partial charge in [0.1, 0.15) is 0 Å². The summed E-state index contributed by atoms with van der Waals surface area (Å²) in [6, 6.07) is 2.69. The van der Waals surface area contributed by atoms with E-state index >= 15 is 0 Å². The zero-order chi connectivity index (χ0) is 10.5. The molecule has 15 heavy (non-hydrogen) atoms. The Morgan fingerprint density at radius 2 is 2.27 bits per heavy atom. The number of nitrogens with zero attached hydrogens (tertiary/aromatic N) is 3. The van der Waals surface area contributed by atoms with Gasteiger partial charge in [-0.15, -0.1) is 0 Å². The molecule has 0 amide bonds. The lowest BCUT2D eigenvalue weighted by atomic mass is 10.1. The maximum Gasteiger partial charge on any atom is 0.0775 e. The molecule has 0 aromatic carbocycles. The number of likely N-dealkylation sites (tertiary alicyclic amines) is 1. The van der Waals surface area contributed by atoms with Gasteiger partial charge in [-0.05, 0) is 26.0 Å². The molecule has 2 fully saturated rings. The minimum absolute atomic E-state index is 0.0907. The number of nitrogens with two attached hydrogens (primary N) is 1. The van der Waals surface area contributed by atoms with Crippen LogP contribution in [0.4, 0.5) is 0 Å². The Bertz CT molecular complexity index is 360. The van der Waals surface area contributed by atoms with Gasteiger partial charge < -0.3 is 10.6 Å². The minimum Gasteiger partial charge on any atom is -0.325 e. The van der Waals surface area contributed by atoms with E-state index in [2.05, 4.69) is 27.8 Å². The maximum absolute atomic E-state index is 6.14. The second-order valence-electron chi connectivity index (χ2n) is 5.18. The highest BCUT2D eigenvalue weighted by Crippen LogP contribution is 2.36. The van der Waals surface area contributed by atoms with Crippen molar-refractivity contribution in [2.75, 3.05) is 20.1 Å². The number of aromatic nitrogens is 2. The molecule has 1 aliphatic heterocycles. The Labute approximate surface area is 90.0 Å². The highest BCUT2D eigenvalue weighted by atomic mass is 15.4. The topological polar surface area (TPSA) is 47.1 Å². The standard InChI is InChI=1S/C11H18N4/c1-14-7-10(8-14)15-9(2-5-13-15)6-11(12)3-4-11/h2,5,10H,3-4,6-8,12H2,1H3. The Balaban J connectivity index is 1.74. The molecule has 3 rings (SSSR count). The van der Waals surface area contributed by atoms with Crippen molar-refractivity contribution in [3.05, 3.63) is 18.0 Å². The van der Waals surface area contributed by atoms with E-state index in [0.717, 1.165) is 19.5 Å². The smallest absolute Gasteiger partial charge is 0.0775 e. The Morgan fingerprint density at radius 1 is 1.53 bits per heavy atom. The van der Waals surface area contributed by atoms with Gasteiger partial charge in [0.25, 0.3) is 0 Å². The van der Waals surface area contributed by atoms with Crippen LogP contribution in [-0.2, 0) is 6.42 Å². The minimum atomic E-state index is 0.0907. The van der Waals surface area contributed by atoms with E-state index in [1.165, 1.54) is 18.5 Å². The molecule has 1 aromatic heterocycles. The van der Waals surface area contributed by atoms with Gasteiger partial charge in [0.2, 0.25) is 0 Å². The molecular formula is C11H18N4. The molecule has 2 aliphatic rings. The molecule has 1 saturated carbocycles. The lowest BCUT2D eigenvalue weighted by Gasteiger charge is -2.37. The van der Waals surface area contributed by atoms with Crippen molar-refractivity contribution in [2.24, 2.45) is 5.73 Å². The van der Waals surface area contributed by atoms with Crippen molar-refractivity contribution in [3.8, 4) is 0 Å². The van der Waals surface area contributed by atoms with E-state index in [9.17, 15) is 0 Å². The van der Waals surface area contributed by atoms with Gasteiger partial charge in [-0.1, -0.05) is 0 Å². The van der Waals surface area contributed by atoms with Crippen molar-refractivity contribution < 1.29 is 0 Å². The van der Waals surface area contributed by atoms with E-state index in [0.29, 0.717) is 6.04 Å². The summed E-state index contributed by atoms with van der Waals surface area (Å²) in [4.78, 5) is 2.31. The lowest BCUT2D eigenvalue weighted by Crippen LogP contribution is -2.46. The van der Waals surface area contributed by atoms with Crippen molar-refractivity contribution in [3.63, 3.8) is 0 Å². The molecule has 1 aromatic rings. The summed E-state index contributed by atoms with van der Waals surface area (Å²) in [7, 11) is 2.14. The van der Waals surface area contributed by atoms with Crippen LogP contribution in [0.1, 0.15) is 24.6 Å². The van der Waals surface area contributed by atoms with Gasteiger partial charge in [-0.3, -0.25) is 4.68 Å². The normalized spacial score (nSPS) is 25.2. The van der Waals surface area contributed by atoms with E-state index in [1.54, 1.807) is 0 Å². The van der Waals surface area contributed by atoms with Crippen molar-refractivity contribution in [1.29, 1.82) is 0 Å². The fourth-order valence-corrected chi connectivity index (χ4v) is 2.33. The highest BCUT2D eigenvalue weighted by Gasteiger charge is 2.39. The van der Waals surface area contributed by atoms with Crippen LogP contribution in [0.25, 0.3) is 0 Å². The van der Waals surface area contributed by atoms with Gasteiger partial charge in [0, 0.05) is 36.9 Å². The zero-order valence-corrected chi connectivity index (χ0v) is 9.19. The number of rotatable bonds is 3. The Hall–Kier alpha value is -0.870. The van der Waals surface area contributed by atoms with Crippen LogP contribution >= 0.6 is 0 Å². The maximum atomic E-state index is 6.14. The Morgan fingerprint density at radius 3 is 2.87 bits per heavy atom. The monoisotopic (exact) mass is 206 g/mol. The number of hydrogen-bond acceptors (Lipinski definition) is 3. The summed E-state index contributed by atoms with van der Waals surface area (Å²) in [5.41, 5.74) is 7.55. The van der Waals surface area contributed by atoms with Crippen molar-refractivity contribution in [2.45, 2.75) is 30.8 Å². The molecule has 0 atom stereocenters.